The van der Waals surface area contributed by atoms with Crippen LogP contribution >= 0.6 is 0 Å². The summed E-state index contributed by atoms with van der Waals surface area (Å²) in [5.41, 5.74) is 1.48. The van der Waals surface area contributed by atoms with Crippen LogP contribution in [-0.4, -0.2) is 25.6 Å². The number of alkyl halides is 2. The number of halogens is 6. The minimum absolute atomic E-state index is 0.0516. The highest BCUT2D eigenvalue weighted by Gasteiger charge is 2.44. The average molecular weight is 597 g/mol. The Morgan fingerprint density at radius 2 is 1.43 bits per heavy atom. The van der Waals surface area contributed by atoms with Crippen LogP contribution in [0.15, 0.2) is 42.5 Å². The molecule has 2 aromatic rings. The van der Waals surface area contributed by atoms with E-state index in [1.54, 1.807) is 12.1 Å². The molecule has 2 aliphatic carbocycles. The van der Waals surface area contributed by atoms with Crippen molar-refractivity contribution in [2.75, 3.05) is 13.2 Å². The normalized spacial score (nSPS) is 29.1. The van der Waals surface area contributed by atoms with Gasteiger partial charge in [-0.1, -0.05) is 31.2 Å². The summed E-state index contributed by atoms with van der Waals surface area (Å²) in [5.74, 6) is -6.57. The Balaban J connectivity index is 1.11. The van der Waals surface area contributed by atoms with Gasteiger partial charge in [0, 0.05) is 24.0 Å². The summed E-state index contributed by atoms with van der Waals surface area (Å²) >= 11 is 0. The van der Waals surface area contributed by atoms with Crippen LogP contribution in [0.2, 0.25) is 0 Å². The molecule has 0 aromatic heterocycles. The van der Waals surface area contributed by atoms with Gasteiger partial charge in [0.05, 0.1) is 19.1 Å². The van der Waals surface area contributed by atoms with Gasteiger partial charge in [0.2, 0.25) is 0 Å². The van der Waals surface area contributed by atoms with Crippen LogP contribution in [0.4, 0.5) is 26.3 Å². The fourth-order valence-corrected chi connectivity index (χ4v) is 6.67. The van der Waals surface area contributed by atoms with E-state index in [1.165, 1.54) is 0 Å². The van der Waals surface area contributed by atoms with Crippen LogP contribution in [0.1, 0.15) is 87.7 Å². The molecule has 1 heterocycles. The van der Waals surface area contributed by atoms with Crippen molar-refractivity contribution >= 4 is 0 Å². The van der Waals surface area contributed by atoms with Gasteiger partial charge in [0.1, 0.15) is 11.6 Å². The number of rotatable bonds is 8. The molecule has 2 aromatic carbocycles. The monoisotopic (exact) mass is 596 g/mol. The van der Waals surface area contributed by atoms with E-state index in [0.717, 1.165) is 37.7 Å². The minimum atomic E-state index is -3.70. The molecule has 42 heavy (non-hydrogen) atoms. The number of benzene rings is 2. The smallest absolute Gasteiger partial charge is 0.400 e. The van der Waals surface area contributed by atoms with Crippen molar-refractivity contribution < 1.29 is 40.6 Å². The summed E-state index contributed by atoms with van der Waals surface area (Å²) in [7, 11) is 0. The molecule has 230 valence electrons. The van der Waals surface area contributed by atoms with Gasteiger partial charge in [-0.3, -0.25) is 0 Å². The fourth-order valence-electron chi connectivity index (χ4n) is 6.67. The SMILES string of the molecule is CC/C=C/C1COC(C2CCC(c3ccc(C4CCC(C(F)(F)Oc5cc(F)c(F)c(F)c5)CC4)c(F)c3)CC2)OC1. The van der Waals surface area contributed by atoms with E-state index in [2.05, 4.69) is 23.8 Å². The highest BCUT2D eigenvalue weighted by atomic mass is 19.3. The second kappa shape index (κ2) is 13.4. The molecule has 0 bridgehead atoms. The largest absolute Gasteiger partial charge is 0.432 e. The average Bonchev–Trinajstić information content (AvgIpc) is 2.99. The van der Waals surface area contributed by atoms with Crippen molar-refractivity contribution in [3.8, 4) is 5.75 Å². The molecule has 0 unspecified atom stereocenters. The third kappa shape index (κ3) is 7.16. The minimum Gasteiger partial charge on any atom is -0.432 e. The van der Waals surface area contributed by atoms with E-state index < -0.39 is 35.2 Å². The van der Waals surface area contributed by atoms with Crippen molar-refractivity contribution in [3.63, 3.8) is 0 Å². The number of allylic oxidation sites excluding steroid dienone is 1. The topological polar surface area (TPSA) is 27.7 Å². The first-order valence-electron chi connectivity index (χ1n) is 15.0. The van der Waals surface area contributed by atoms with Gasteiger partial charge in [0.15, 0.2) is 23.7 Å². The molecular formula is C33H38F6O3. The van der Waals surface area contributed by atoms with E-state index in [-0.39, 0.29) is 36.8 Å². The Kier molecular flexibility index (Phi) is 9.88. The third-order valence-corrected chi connectivity index (χ3v) is 9.10. The maximum Gasteiger partial charge on any atom is 0.400 e. The first-order chi connectivity index (χ1) is 20.1. The van der Waals surface area contributed by atoms with Crippen molar-refractivity contribution in [2.24, 2.45) is 17.8 Å². The van der Waals surface area contributed by atoms with E-state index in [9.17, 15) is 22.0 Å². The van der Waals surface area contributed by atoms with Crippen molar-refractivity contribution in [1.82, 2.24) is 0 Å². The lowest BCUT2D eigenvalue weighted by Gasteiger charge is -2.37. The predicted molar refractivity (Wildman–Crippen MR) is 146 cm³/mol. The summed E-state index contributed by atoms with van der Waals surface area (Å²) in [6.07, 6.45) is 5.91. The molecule has 1 aliphatic heterocycles. The molecule has 3 nitrogen and oxygen atoms in total. The Labute approximate surface area is 243 Å². The van der Waals surface area contributed by atoms with Crippen molar-refractivity contribution in [3.05, 3.63) is 76.9 Å². The molecule has 0 N–H and O–H groups in total. The highest BCUT2D eigenvalue weighted by molar-refractivity contribution is 5.30. The Morgan fingerprint density at radius 3 is 2.02 bits per heavy atom. The molecule has 0 amide bonds. The Bertz CT molecular complexity index is 1200. The van der Waals surface area contributed by atoms with Crippen LogP contribution in [-0.2, 0) is 9.47 Å². The standard InChI is InChI=1S/C33H38F6O3/c1-2-3-4-20-18-40-32(41-19-20)23-7-5-21(6-8-23)24-11-14-27(28(34)15-24)22-9-12-25(13-10-22)33(38,39)42-26-16-29(35)31(37)30(36)17-26/h3-4,11,14-17,20-23,25,32H,2,5-10,12-13,18-19H2,1H3/b4-3+. The molecule has 3 aliphatic rings. The lowest BCUT2D eigenvalue weighted by atomic mass is 9.76. The first kappa shape index (κ1) is 30.9. The predicted octanol–water partition coefficient (Wildman–Crippen LogP) is 9.42. The zero-order valence-electron chi connectivity index (χ0n) is 23.8. The van der Waals surface area contributed by atoms with Gasteiger partial charge in [-0.25, -0.2) is 17.6 Å². The second-order valence-electron chi connectivity index (χ2n) is 11.9. The van der Waals surface area contributed by atoms with Gasteiger partial charge < -0.3 is 14.2 Å². The van der Waals surface area contributed by atoms with Gasteiger partial charge in [-0.05, 0) is 86.8 Å². The molecule has 0 radical (unpaired) electrons. The molecule has 5 rings (SSSR count). The van der Waals surface area contributed by atoms with Gasteiger partial charge in [-0.2, -0.15) is 8.78 Å². The van der Waals surface area contributed by atoms with E-state index in [4.69, 9.17) is 9.47 Å². The summed E-state index contributed by atoms with van der Waals surface area (Å²) in [4.78, 5) is 0. The van der Waals surface area contributed by atoms with E-state index >= 15 is 4.39 Å². The maximum atomic E-state index is 15.3. The summed E-state index contributed by atoms with van der Waals surface area (Å²) in [6.45, 7) is 3.45. The van der Waals surface area contributed by atoms with Crippen LogP contribution in [0.3, 0.4) is 0 Å². The Morgan fingerprint density at radius 1 is 0.810 bits per heavy atom. The van der Waals surface area contributed by atoms with E-state index in [1.807, 2.05) is 6.07 Å². The van der Waals surface area contributed by atoms with Gasteiger partial charge >= 0.3 is 6.11 Å². The summed E-state index contributed by atoms with van der Waals surface area (Å²) in [6, 6.07) is 6.15. The molecule has 3 fully saturated rings. The summed E-state index contributed by atoms with van der Waals surface area (Å²) in [5, 5.41) is 0. The van der Waals surface area contributed by atoms with E-state index in [0.29, 0.717) is 55.6 Å². The third-order valence-electron chi connectivity index (χ3n) is 9.10. The number of hydrogen-bond donors (Lipinski definition) is 0. The van der Waals surface area contributed by atoms with Crippen LogP contribution in [0.25, 0.3) is 0 Å². The zero-order valence-corrected chi connectivity index (χ0v) is 23.8. The summed E-state index contributed by atoms with van der Waals surface area (Å²) < 4.78 is 101. The molecule has 0 spiro atoms. The van der Waals surface area contributed by atoms with Crippen LogP contribution < -0.4 is 4.74 Å². The quantitative estimate of drug-likeness (QED) is 0.173. The molecule has 0 atom stereocenters. The molecular weight excluding hydrogens is 558 g/mol. The lowest BCUT2D eigenvalue weighted by Crippen LogP contribution is -2.37. The van der Waals surface area contributed by atoms with Crippen molar-refractivity contribution in [2.45, 2.75) is 88.9 Å². The fraction of sp³-hybridized carbons (Fsp3) is 0.576. The van der Waals surface area contributed by atoms with Gasteiger partial charge in [-0.15, -0.1) is 0 Å². The first-order valence-corrected chi connectivity index (χ1v) is 15.0. The molecule has 2 saturated carbocycles. The van der Waals surface area contributed by atoms with Crippen LogP contribution in [0, 0.1) is 41.0 Å². The molecule has 1 saturated heterocycles. The number of ether oxygens (including phenoxy) is 3. The highest BCUT2D eigenvalue weighted by Crippen LogP contribution is 2.45. The van der Waals surface area contributed by atoms with Crippen LogP contribution in [0.5, 0.6) is 5.75 Å². The number of hydrogen-bond acceptors (Lipinski definition) is 3. The zero-order chi connectivity index (χ0) is 29.9. The lowest BCUT2D eigenvalue weighted by molar-refractivity contribution is -0.222. The van der Waals surface area contributed by atoms with Gasteiger partial charge in [0.25, 0.3) is 0 Å². The van der Waals surface area contributed by atoms with Crippen molar-refractivity contribution in [1.29, 1.82) is 0 Å². The Hall–Kier alpha value is -2.52. The maximum absolute atomic E-state index is 15.3. The second-order valence-corrected chi connectivity index (χ2v) is 11.9. The molecule has 9 heteroatoms.